The van der Waals surface area contributed by atoms with Crippen molar-refractivity contribution in [2.24, 2.45) is 5.92 Å². The summed E-state index contributed by atoms with van der Waals surface area (Å²) in [6, 6.07) is -1.32. The summed E-state index contributed by atoms with van der Waals surface area (Å²) in [4.78, 5) is 37.7. The van der Waals surface area contributed by atoms with E-state index in [1.807, 2.05) is 13.8 Å². The van der Waals surface area contributed by atoms with E-state index < -0.39 is 41.2 Å². The Morgan fingerprint density at radius 1 is 1.37 bits per heavy atom. The van der Waals surface area contributed by atoms with Crippen LogP contribution in [0.2, 0.25) is 0 Å². The third-order valence-corrected chi connectivity index (χ3v) is 5.41. The Morgan fingerprint density at radius 2 is 2.03 bits per heavy atom. The third kappa shape index (κ3) is 5.90. The molecule has 0 radical (unpaired) electrons. The summed E-state index contributed by atoms with van der Waals surface area (Å²) in [7, 11) is 1.27. The standard InChI is InChI=1S/C17H22F3N5O4S/c1-9(2)8-10(21-13(27)11-6-7-25(11)16(28)29)4-5-12(26)24(3)15-23-22-14(30-15)17(18,19)20/h4-5,9-11H,6-8H2,1-3H3,(H,21,27)(H,28,29)/b5-4+/t10-,11+/m1/s1. The van der Waals surface area contributed by atoms with E-state index in [0.29, 0.717) is 12.8 Å². The summed E-state index contributed by atoms with van der Waals surface area (Å²) in [5.74, 6) is -0.945. The van der Waals surface area contributed by atoms with Crippen molar-refractivity contribution in [2.75, 3.05) is 18.5 Å². The Labute approximate surface area is 174 Å². The zero-order valence-electron chi connectivity index (χ0n) is 16.5. The van der Waals surface area contributed by atoms with E-state index in [2.05, 4.69) is 15.5 Å². The number of carbonyl (C=O) groups excluding carboxylic acids is 2. The summed E-state index contributed by atoms with van der Waals surface area (Å²) in [6.45, 7) is 4.10. The van der Waals surface area contributed by atoms with Crippen LogP contribution in [0, 0.1) is 5.92 Å². The van der Waals surface area contributed by atoms with Crippen LogP contribution >= 0.6 is 11.3 Å². The number of rotatable bonds is 7. The molecule has 1 aromatic heterocycles. The molecule has 13 heteroatoms. The van der Waals surface area contributed by atoms with E-state index in [1.165, 1.54) is 13.1 Å². The highest BCUT2D eigenvalue weighted by Crippen LogP contribution is 2.34. The average molecular weight is 449 g/mol. The first-order chi connectivity index (χ1) is 13.9. The van der Waals surface area contributed by atoms with Gasteiger partial charge in [-0.2, -0.15) is 13.2 Å². The van der Waals surface area contributed by atoms with Crippen molar-refractivity contribution in [1.29, 1.82) is 0 Å². The van der Waals surface area contributed by atoms with Crippen molar-refractivity contribution >= 4 is 34.4 Å². The number of nitrogens with one attached hydrogen (secondary N) is 1. The Morgan fingerprint density at radius 3 is 2.50 bits per heavy atom. The lowest BCUT2D eigenvalue weighted by Crippen LogP contribution is -2.59. The number of likely N-dealkylation sites (tertiary alicyclic amines) is 1. The van der Waals surface area contributed by atoms with Gasteiger partial charge in [-0.25, -0.2) is 4.79 Å². The van der Waals surface area contributed by atoms with Crippen molar-refractivity contribution in [1.82, 2.24) is 20.4 Å². The first-order valence-electron chi connectivity index (χ1n) is 9.06. The average Bonchev–Trinajstić information content (AvgIpc) is 3.06. The van der Waals surface area contributed by atoms with Gasteiger partial charge < -0.3 is 10.4 Å². The fourth-order valence-electron chi connectivity index (χ4n) is 2.73. The lowest BCUT2D eigenvalue weighted by molar-refractivity contribution is -0.138. The molecule has 1 aliphatic rings. The first-order valence-corrected chi connectivity index (χ1v) is 9.88. The molecule has 3 amide bonds. The molecule has 1 aliphatic heterocycles. The minimum absolute atomic E-state index is 0.155. The van der Waals surface area contributed by atoms with Crippen molar-refractivity contribution in [3.63, 3.8) is 0 Å². The Kier molecular flexibility index (Phi) is 7.39. The van der Waals surface area contributed by atoms with Crippen LogP contribution in [0.25, 0.3) is 0 Å². The van der Waals surface area contributed by atoms with E-state index in [9.17, 15) is 27.6 Å². The number of halogens is 3. The third-order valence-electron chi connectivity index (χ3n) is 4.37. The predicted octanol–water partition coefficient (Wildman–Crippen LogP) is 2.36. The second kappa shape index (κ2) is 9.41. The minimum atomic E-state index is -4.65. The van der Waals surface area contributed by atoms with Gasteiger partial charge in [0.05, 0.1) is 0 Å². The number of carboxylic acid groups (broad SMARTS) is 1. The summed E-state index contributed by atoms with van der Waals surface area (Å²) in [5.41, 5.74) is 0. The molecule has 2 N–H and O–H groups in total. The molecule has 30 heavy (non-hydrogen) atoms. The molecule has 9 nitrogen and oxygen atoms in total. The van der Waals surface area contributed by atoms with Crippen LogP contribution < -0.4 is 10.2 Å². The van der Waals surface area contributed by atoms with Gasteiger partial charge in [0.2, 0.25) is 16.0 Å². The van der Waals surface area contributed by atoms with Gasteiger partial charge >= 0.3 is 12.3 Å². The van der Waals surface area contributed by atoms with Gasteiger partial charge in [0.1, 0.15) is 6.04 Å². The largest absolute Gasteiger partial charge is 0.465 e. The van der Waals surface area contributed by atoms with Gasteiger partial charge in [-0.15, -0.1) is 10.2 Å². The lowest BCUT2D eigenvalue weighted by atomic mass is 10.00. The predicted molar refractivity (Wildman–Crippen MR) is 102 cm³/mol. The van der Waals surface area contributed by atoms with Gasteiger partial charge in [-0.05, 0) is 18.8 Å². The fourth-order valence-corrected chi connectivity index (χ4v) is 3.41. The molecular weight excluding hydrogens is 427 g/mol. The number of aromatic nitrogens is 2. The van der Waals surface area contributed by atoms with Gasteiger partial charge in [-0.1, -0.05) is 31.3 Å². The summed E-state index contributed by atoms with van der Waals surface area (Å²) in [5, 5.41) is 16.8. The monoisotopic (exact) mass is 449 g/mol. The number of carbonyl (C=O) groups is 3. The highest BCUT2D eigenvalue weighted by atomic mass is 32.1. The minimum Gasteiger partial charge on any atom is -0.465 e. The maximum Gasteiger partial charge on any atom is 0.445 e. The highest BCUT2D eigenvalue weighted by molar-refractivity contribution is 7.15. The molecule has 2 atom stereocenters. The van der Waals surface area contributed by atoms with Crippen LogP contribution in [0.15, 0.2) is 12.2 Å². The van der Waals surface area contributed by atoms with Crippen LogP contribution in [0.1, 0.15) is 31.7 Å². The molecule has 0 saturated carbocycles. The zero-order valence-corrected chi connectivity index (χ0v) is 17.3. The summed E-state index contributed by atoms with van der Waals surface area (Å²) < 4.78 is 37.9. The van der Waals surface area contributed by atoms with Gasteiger partial charge in [0.25, 0.3) is 5.91 Å². The molecule has 2 heterocycles. The molecule has 1 fully saturated rings. The molecule has 166 valence electrons. The topological polar surface area (TPSA) is 116 Å². The highest BCUT2D eigenvalue weighted by Gasteiger charge is 2.38. The van der Waals surface area contributed by atoms with Crippen molar-refractivity contribution < 1.29 is 32.7 Å². The van der Waals surface area contributed by atoms with Crippen LogP contribution in [0.5, 0.6) is 0 Å². The molecule has 0 bridgehead atoms. The van der Waals surface area contributed by atoms with Crippen molar-refractivity contribution in [2.45, 2.75) is 44.9 Å². The van der Waals surface area contributed by atoms with E-state index in [1.54, 1.807) is 0 Å². The molecule has 0 spiro atoms. The van der Waals surface area contributed by atoms with Crippen LogP contribution in [0.4, 0.5) is 23.1 Å². The second-order valence-electron chi connectivity index (χ2n) is 7.17. The van der Waals surface area contributed by atoms with Crippen molar-refractivity contribution in [3.05, 3.63) is 17.2 Å². The van der Waals surface area contributed by atoms with Crippen LogP contribution in [-0.2, 0) is 15.8 Å². The van der Waals surface area contributed by atoms with Crippen LogP contribution in [-0.4, -0.2) is 63.8 Å². The van der Waals surface area contributed by atoms with E-state index in [-0.39, 0.29) is 28.9 Å². The quantitative estimate of drug-likeness (QED) is 0.618. The van der Waals surface area contributed by atoms with E-state index in [0.717, 1.165) is 15.9 Å². The molecule has 0 aromatic carbocycles. The number of hydrogen-bond acceptors (Lipinski definition) is 6. The first kappa shape index (κ1) is 23.6. The maximum absolute atomic E-state index is 12.6. The van der Waals surface area contributed by atoms with Crippen molar-refractivity contribution in [3.8, 4) is 0 Å². The maximum atomic E-state index is 12.6. The van der Waals surface area contributed by atoms with Gasteiger partial charge in [0, 0.05) is 25.7 Å². The molecule has 1 aromatic rings. The van der Waals surface area contributed by atoms with Crippen LogP contribution in [0.3, 0.4) is 0 Å². The Balaban J connectivity index is 2.04. The van der Waals surface area contributed by atoms with E-state index >= 15 is 0 Å². The molecule has 1 saturated heterocycles. The second-order valence-corrected chi connectivity index (χ2v) is 8.12. The Bertz CT molecular complexity index is 827. The fraction of sp³-hybridized carbons (Fsp3) is 0.588. The smallest absolute Gasteiger partial charge is 0.445 e. The van der Waals surface area contributed by atoms with E-state index in [4.69, 9.17) is 5.11 Å². The van der Waals surface area contributed by atoms with Gasteiger partial charge in [-0.3, -0.25) is 19.4 Å². The van der Waals surface area contributed by atoms with Gasteiger partial charge in [0.15, 0.2) is 0 Å². The number of anilines is 1. The number of likely N-dealkylation sites (N-methyl/N-ethyl adjacent to an activating group) is 1. The molecule has 2 rings (SSSR count). The zero-order chi connectivity index (χ0) is 22.6. The Hall–Kier alpha value is -2.70. The normalized spacial score (nSPS) is 17.7. The summed E-state index contributed by atoms with van der Waals surface area (Å²) in [6.07, 6.45) is -2.35. The number of nitrogens with zero attached hydrogens (tertiary/aromatic N) is 4. The lowest BCUT2D eigenvalue weighted by Gasteiger charge is -2.38. The number of amides is 3. The number of hydrogen-bond donors (Lipinski definition) is 2. The molecule has 0 unspecified atom stereocenters. The number of alkyl halides is 3. The molecule has 0 aliphatic carbocycles. The molecular formula is C17H22F3N5O4S. The summed E-state index contributed by atoms with van der Waals surface area (Å²) >= 11 is 0.242. The SMILES string of the molecule is CC(C)C[C@@H](/C=C/C(=O)N(C)c1nnc(C(F)(F)F)s1)NC(=O)[C@@H]1CCN1C(=O)O.